The van der Waals surface area contributed by atoms with Crippen molar-refractivity contribution in [2.24, 2.45) is 5.92 Å². The van der Waals surface area contributed by atoms with Gasteiger partial charge in [0.05, 0.1) is 20.1 Å². The van der Waals surface area contributed by atoms with Gasteiger partial charge in [-0.3, -0.25) is 14.4 Å². The minimum atomic E-state index is -0.421. The Balaban J connectivity index is 1.40. The maximum Gasteiger partial charge on any atom is 0.309 e. The summed E-state index contributed by atoms with van der Waals surface area (Å²) in [5.41, 5.74) is 1.39. The summed E-state index contributed by atoms with van der Waals surface area (Å²) < 4.78 is 15.6. The predicted molar refractivity (Wildman–Crippen MR) is 122 cm³/mol. The molecule has 0 saturated carbocycles. The van der Waals surface area contributed by atoms with Crippen molar-refractivity contribution in [1.82, 2.24) is 10.2 Å². The largest absolute Gasteiger partial charge is 0.493 e. The highest BCUT2D eigenvalue weighted by Crippen LogP contribution is 2.27. The van der Waals surface area contributed by atoms with Crippen molar-refractivity contribution in [3.8, 4) is 11.5 Å². The number of hydrogen-bond donors (Lipinski definition) is 1. The van der Waals surface area contributed by atoms with E-state index in [-0.39, 0.29) is 25.0 Å². The van der Waals surface area contributed by atoms with Crippen LogP contribution in [0.4, 0.5) is 0 Å². The molecular weight excluding hydrogens is 448 g/mol. The van der Waals surface area contributed by atoms with Crippen molar-refractivity contribution in [1.29, 1.82) is 0 Å². The van der Waals surface area contributed by atoms with Gasteiger partial charge in [-0.15, -0.1) is 0 Å². The van der Waals surface area contributed by atoms with Crippen molar-refractivity contribution in [2.75, 3.05) is 33.9 Å². The number of benzene rings is 2. The van der Waals surface area contributed by atoms with Gasteiger partial charge in [0, 0.05) is 30.2 Å². The third-order valence-corrected chi connectivity index (χ3v) is 5.74. The quantitative estimate of drug-likeness (QED) is 0.591. The summed E-state index contributed by atoms with van der Waals surface area (Å²) >= 11 is 5.87. The van der Waals surface area contributed by atoms with Gasteiger partial charge in [-0.2, -0.15) is 0 Å². The van der Waals surface area contributed by atoms with Crippen LogP contribution in [0, 0.1) is 5.92 Å². The van der Waals surface area contributed by atoms with Gasteiger partial charge in [-0.1, -0.05) is 17.7 Å². The fourth-order valence-electron chi connectivity index (χ4n) is 3.59. The molecule has 8 nitrogen and oxygen atoms in total. The zero-order valence-corrected chi connectivity index (χ0v) is 19.4. The molecule has 0 radical (unpaired) electrons. The summed E-state index contributed by atoms with van der Waals surface area (Å²) in [5.74, 6) is -0.0757. The molecule has 0 atom stereocenters. The molecule has 1 aliphatic heterocycles. The zero-order valence-electron chi connectivity index (χ0n) is 18.6. The van der Waals surface area contributed by atoms with Gasteiger partial charge in [0.25, 0.3) is 11.8 Å². The third kappa shape index (κ3) is 6.61. The van der Waals surface area contributed by atoms with E-state index >= 15 is 0 Å². The lowest BCUT2D eigenvalue weighted by molar-refractivity contribution is -0.153. The van der Waals surface area contributed by atoms with Crippen LogP contribution in [0.1, 0.15) is 28.8 Å². The summed E-state index contributed by atoms with van der Waals surface area (Å²) in [5, 5.41) is 3.29. The molecule has 1 aliphatic rings. The Bertz CT molecular complexity index is 987. The maximum absolute atomic E-state index is 12.6. The molecule has 1 saturated heterocycles. The molecule has 2 amide bonds. The van der Waals surface area contributed by atoms with Gasteiger partial charge in [0.15, 0.2) is 18.1 Å². The number of carbonyl (C=O) groups is 3. The van der Waals surface area contributed by atoms with Gasteiger partial charge < -0.3 is 24.4 Å². The zero-order chi connectivity index (χ0) is 23.8. The second kappa shape index (κ2) is 11.6. The van der Waals surface area contributed by atoms with Crippen LogP contribution in [0.25, 0.3) is 0 Å². The van der Waals surface area contributed by atoms with Gasteiger partial charge in [0.2, 0.25) is 0 Å². The number of nitrogens with one attached hydrogen (secondary N) is 1. The van der Waals surface area contributed by atoms with Crippen molar-refractivity contribution < 1.29 is 28.6 Å². The lowest BCUT2D eigenvalue weighted by Crippen LogP contribution is -2.41. The van der Waals surface area contributed by atoms with E-state index in [1.165, 1.54) is 7.11 Å². The van der Waals surface area contributed by atoms with Crippen molar-refractivity contribution in [3.63, 3.8) is 0 Å². The van der Waals surface area contributed by atoms with Crippen molar-refractivity contribution in [2.45, 2.75) is 19.4 Å². The Morgan fingerprint density at radius 1 is 1.00 bits per heavy atom. The molecule has 1 fully saturated rings. The van der Waals surface area contributed by atoms with Crippen LogP contribution >= 0.6 is 11.6 Å². The molecule has 2 aromatic carbocycles. The number of nitrogens with zero attached hydrogens (tertiary/aromatic N) is 1. The topological polar surface area (TPSA) is 94.2 Å². The molecule has 0 unspecified atom stereocenters. The number of carbonyl (C=O) groups excluding carboxylic acids is 3. The molecule has 33 heavy (non-hydrogen) atoms. The van der Waals surface area contributed by atoms with E-state index in [4.69, 9.17) is 25.8 Å². The maximum atomic E-state index is 12.6. The summed E-state index contributed by atoms with van der Waals surface area (Å²) in [6.07, 6.45) is 0.983. The molecule has 9 heteroatoms. The molecule has 176 valence electrons. The first kappa shape index (κ1) is 24.4. The predicted octanol–water partition coefficient (Wildman–Crippen LogP) is 3.07. The van der Waals surface area contributed by atoms with Crippen LogP contribution < -0.4 is 14.8 Å². The van der Waals surface area contributed by atoms with Crippen LogP contribution in [0.3, 0.4) is 0 Å². The number of halogens is 1. The summed E-state index contributed by atoms with van der Waals surface area (Å²) in [7, 11) is 3.09. The monoisotopic (exact) mass is 474 g/mol. The van der Waals surface area contributed by atoms with Crippen LogP contribution in [0.15, 0.2) is 42.5 Å². The van der Waals surface area contributed by atoms with Gasteiger partial charge in [-0.25, -0.2) is 0 Å². The minimum Gasteiger partial charge on any atom is -0.493 e. The van der Waals surface area contributed by atoms with Crippen molar-refractivity contribution in [3.05, 3.63) is 58.6 Å². The normalized spacial score (nSPS) is 13.8. The number of esters is 1. The Kier molecular flexibility index (Phi) is 8.54. The first-order valence-corrected chi connectivity index (χ1v) is 11.0. The van der Waals surface area contributed by atoms with Crippen LogP contribution in [0.5, 0.6) is 11.5 Å². The number of ether oxygens (including phenoxy) is 3. The number of hydrogen-bond acceptors (Lipinski definition) is 6. The summed E-state index contributed by atoms with van der Waals surface area (Å²) in [4.78, 5) is 38.7. The smallest absolute Gasteiger partial charge is 0.309 e. The highest BCUT2D eigenvalue weighted by molar-refractivity contribution is 6.30. The van der Waals surface area contributed by atoms with E-state index in [1.807, 2.05) is 6.07 Å². The SMILES string of the molecule is COc1ccc(CNC(=O)COC(=O)C2CCN(C(=O)c3ccc(Cl)cc3)CC2)cc1OC. The number of amides is 2. The fraction of sp³-hybridized carbons (Fsp3) is 0.375. The van der Waals surface area contributed by atoms with Crippen LogP contribution in [-0.2, 0) is 20.9 Å². The van der Waals surface area contributed by atoms with Crippen LogP contribution in [-0.4, -0.2) is 56.6 Å². The van der Waals surface area contributed by atoms with Crippen LogP contribution in [0.2, 0.25) is 5.02 Å². The molecule has 0 spiro atoms. The Labute approximate surface area is 197 Å². The molecule has 0 aromatic heterocycles. The van der Waals surface area contributed by atoms with E-state index < -0.39 is 11.9 Å². The van der Waals surface area contributed by atoms with E-state index in [9.17, 15) is 14.4 Å². The molecule has 1 heterocycles. The van der Waals surface area contributed by atoms with Gasteiger partial charge in [-0.05, 0) is 54.8 Å². The first-order valence-electron chi connectivity index (χ1n) is 10.6. The Morgan fingerprint density at radius 3 is 2.30 bits per heavy atom. The van der Waals surface area contributed by atoms with Gasteiger partial charge >= 0.3 is 5.97 Å². The number of piperidine rings is 1. The summed E-state index contributed by atoms with van der Waals surface area (Å²) in [6.45, 7) is 0.817. The number of methoxy groups -OCH3 is 2. The van der Waals surface area contributed by atoms with E-state index in [1.54, 1.807) is 48.4 Å². The number of likely N-dealkylation sites (tertiary alicyclic amines) is 1. The molecular formula is C24H27ClN2O6. The fourth-order valence-corrected chi connectivity index (χ4v) is 3.72. The first-order chi connectivity index (χ1) is 15.9. The van der Waals surface area contributed by atoms with Crippen molar-refractivity contribution >= 4 is 29.4 Å². The molecule has 0 aliphatic carbocycles. The van der Waals surface area contributed by atoms with E-state index in [0.29, 0.717) is 48.0 Å². The lowest BCUT2D eigenvalue weighted by Gasteiger charge is -2.31. The molecule has 1 N–H and O–H groups in total. The van der Waals surface area contributed by atoms with Gasteiger partial charge in [0.1, 0.15) is 0 Å². The molecule has 0 bridgehead atoms. The Hall–Kier alpha value is -3.26. The minimum absolute atomic E-state index is 0.0898. The average molecular weight is 475 g/mol. The highest BCUT2D eigenvalue weighted by atomic mass is 35.5. The second-order valence-electron chi connectivity index (χ2n) is 7.65. The molecule has 2 aromatic rings. The Morgan fingerprint density at radius 2 is 1.67 bits per heavy atom. The second-order valence-corrected chi connectivity index (χ2v) is 8.08. The lowest BCUT2D eigenvalue weighted by atomic mass is 9.96. The van der Waals surface area contributed by atoms with E-state index in [0.717, 1.165) is 5.56 Å². The average Bonchev–Trinajstić information content (AvgIpc) is 2.85. The summed E-state index contributed by atoms with van der Waals surface area (Å²) in [6, 6.07) is 12.1. The number of rotatable bonds is 8. The third-order valence-electron chi connectivity index (χ3n) is 5.49. The standard InChI is InChI=1S/C24H27ClN2O6/c1-31-20-8-3-16(13-21(20)32-2)14-26-22(28)15-33-24(30)18-9-11-27(12-10-18)23(29)17-4-6-19(25)7-5-17/h3-8,13,18H,9-12,14-15H2,1-2H3,(H,26,28). The highest BCUT2D eigenvalue weighted by Gasteiger charge is 2.29. The molecule has 3 rings (SSSR count). The van der Waals surface area contributed by atoms with E-state index in [2.05, 4.69) is 5.32 Å².